The van der Waals surface area contributed by atoms with Gasteiger partial charge in [-0.05, 0) is 26.3 Å². The lowest BCUT2D eigenvalue weighted by atomic mass is 10.1. The summed E-state index contributed by atoms with van der Waals surface area (Å²) in [6, 6.07) is 0.103. The molecule has 1 aliphatic rings. The van der Waals surface area contributed by atoms with Crippen molar-refractivity contribution in [2.24, 2.45) is 5.73 Å². The van der Waals surface area contributed by atoms with Gasteiger partial charge in [0.2, 0.25) is 11.8 Å². The molecule has 9 heteroatoms. The van der Waals surface area contributed by atoms with Crippen LogP contribution in [0.5, 0.6) is 0 Å². The molecule has 0 saturated carbocycles. The van der Waals surface area contributed by atoms with E-state index in [9.17, 15) is 4.79 Å². The third-order valence-corrected chi connectivity index (χ3v) is 4.72. The molecule has 2 heterocycles. The molecule has 0 spiro atoms. The van der Waals surface area contributed by atoms with E-state index >= 15 is 0 Å². The summed E-state index contributed by atoms with van der Waals surface area (Å²) in [7, 11) is 0. The van der Waals surface area contributed by atoms with Gasteiger partial charge in [0.05, 0.1) is 6.04 Å². The Bertz CT molecular complexity index is 507. The van der Waals surface area contributed by atoms with Crippen molar-refractivity contribution in [1.29, 1.82) is 0 Å². The number of amides is 1. The van der Waals surface area contributed by atoms with Gasteiger partial charge in [0.25, 0.3) is 0 Å². The summed E-state index contributed by atoms with van der Waals surface area (Å²) >= 11 is 0. The zero-order valence-corrected chi connectivity index (χ0v) is 17.5. The summed E-state index contributed by atoms with van der Waals surface area (Å²) in [6.45, 7) is 8.10. The summed E-state index contributed by atoms with van der Waals surface area (Å²) < 4.78 is 5.34. The molecule has 0 aromatic carbocycles. The molecule has 1 aromatic rings. The van der Waals surface area contributed by atoms with Gasteiger partial charge in [0.15, 0.2) is 5.82 Å². The Morgan fingerprint density at radius 2 is 1.81 bits per heavy atom. The Labute approximate surface area is 168 Å². The van der Waals surface area contributed by atoms with Crippen molar-refractivity contribution in [3.8, 4) is 0 Å². The summed E-state index contributed by atoms with van der Waals surface area (Å²) in [5.74, 6) is 1.70. The molecule has 1 amide bonds. The van der Waals surface area contributed by atoms with Crippen LogP contribution >= 0.6 is 24.8 Å². The maximum atomic E-state index is 12.3. The van der Waals surface area contributed by atoms with Gasteiger partial charge in [-0.15, -0.1) is 24.8 Å². The van der Waals surface area contributed by atoms with Crippen molar-refractivity contribution in [1.82, 2.24) is 19.9 Å². The first-order chi connectivity index (χ1) is 11.7. The number of nitrogens with two attached hydrogens (primary N) is 1. The number of carbonyl (C=O) groups is 1. The highest BCUT2D eigenvalue weighted by molar-refractivity contribution is 5.85. The number of rotatable bonds is 9. The Kier molecular flexibility index (Phi) is 12.8. The maximum Gasteiger partial charge on any atom is 0.243 e. The minimum atomic E-state index is 0. The first kappa shape index (κ1) is 25.1. The maximum absolute atomic E-state index is 12.3. The first-order valence-electron chi connectivity index (χ1n) is 9.20. The minimum Gasteiger partial charge on any atom is -0.340 e. The highest BCUT2D eigenvalue weighted by atomic mass is 35.5. The topological polar surface area (TPSA) is 88.5 Å². The monoisotopic (exact) mass is 409 g/mol. The lowest BCUT2D eigenvalue weighted by Gasteiger charge is -2.36. The minimum absolute atomic E-state index is 0. The van der Waals surface area contributed by atoms with Crippen molar-refractivity contribution < 1.29 is 9.32 Å². The molecular weight excluding hydrogens is 377 g/mol. The number of carbonyl (C=O) groups excluding carboxylic acids is 1. The molecule has 1 unspecified atom stereocenters. The van der Waals surface area contributed by atoms with Crippen LogP contribution in [0.3, 0.4) is 0 Å². The van der Waals surface area contributed by atoms with E-state index in [1.165, 1.54) is 0 Å². The lowest BCUT2D eigenvalue weighted by molar-refractivity contribution is -0.133. The van der Waals surface area contributed by atoms with E-state index in [0.29, 0.717) is 12.3 Å². The average molecular weight is 410 g/mol. The second-order valence-corrected chi connectivity index (χ2v) is 6.45. The van der Waals surface area contributed by atoms with Crippen molar-refractivity contribution in [3.63, 3.8) is 0 Å². The van der Waals surface area contributed by atoms with Crippen molar-refractivity contribution >= 4 is 30.7 Å². The first-order valence-corrected chi connectivity index (χ1v) is 9.20. The van der Waals surface area contributed by atoms with Crippen LogP contribution in [-0.4, -0.2) is 58.6 Å². The standard InChI is InChI=1S/C17H31N5O2.2ClH/c1-3-15-19-17(24-20-15)14(2)21-10-12-22(13-11-21)16(23)8-6-4-5-7-9-18;;/h14H,3-13,18H2,1-2H3;2*1H. The van der Waals surface area contributed by atoms with E-state index in [0.717, 1.165) is 70.7 Å². The summed E-state index contributed by atoms with van der Waals surface area (Å²) in [5.41, 5.74) is 5.48. The molecule has 2 rings (SSSR count). The van der Waals surface area contributed by atoms with E-state index in [1.54, 1.807) is 0 Å². The molecule has 1 fully saturated rings. The molecule has 0 bridgehead atoms. The van der Waals surface area contributed by atoms with E-state index in [4.69, 9.17) is 10.3 Å². The molecule has 1 saturated heterocycles. The second-order valence-electron chi connectivity index (χ2n) is 6.45. The quantitative estimate of drug-likeness (QED) is 0.630. The van der Waals surface area contributed by atoms with Gasteiger partial charge in [-0.2, -0.15) is 4.98 Å². The zero-order valence-electron chi connectivity index (χ0n) is 15.9. The van der Waals surface area contributed by atoms with Gasteiger partial charge in [-0.3, -0.25) is 9.69 Å². The van der Waals surface area contributed by atoms with Crippen molar-refractivity contribution in [2.75, 3.05) is 32.7 Å². The highest BCUT2D eigenvalue weighted by Gasteiger charge is 2.27. The smallest absolute Gasteiger partial charge is 0.243 e. The Balaban J connectivity index is 0.00000312. The number of aromatic nitrogens is 2. The Morgan fingerprint density at radius 3 is 2.38 bits per heavy atom. The van der Waals surface area contributed by atoms with Crippen LogP contribution in [0.15, 0.2) is 4.52 Å². The Morgan fingerprint density at radius 1 is 1.15 bits per heavy atom. The fraction of sp³-hybridized carbons (Fsp3) is 0.824. The predicted molar refractivity (Wildman–Crippen MR) is 107 cm³/mol. The molecule has 26 heavy (non-hydrogen) atoms. The SMILES string of the molecule is CCc1noc(C(C)N2CCN(C(=O)CCCCCCN)CC2)n1.Cl.Cl. The number of hydrogen-bond acceptors (Lipinski definition) is 6. The van der Waals surface area contributed by atoms with E-state index < -0.39 is 0 Å². The zero-order chi connectivity index (χ0) is 17.4. The fourth-order valence-corrected chi connectivity index (χ4v) is 3.03. The van der Waals surface area contributed by atoms with E-state index in [1.807, 2.05) is 11.8 Å². The van der Waals surface area contributed by atoms with Crippen molar-refractivity contribution in [3.05, 3.63) is 11.7 Å². The van der Waals surface area contributed by atoms with Crippen LogP contribution in [0.4, 0.5) is 0 Å². The van der Waals surface area contributed by atoms with Crippen LogP contribution in [0.2, 0.25) is 0 Å². The summed E-state index contributed by atoms with van der Waals surface area (Å²) in [4.78, 5) is 21.0. The van der Waals surface area contributed by atoms with E-state index in [-0.39, 0.29) is 36.8 Å². The molecule has 1 atom stereocenters. The third-order valence-electron chi connectivity index (χ3n) is 4.72. The Hall–Kier alpha value is -0.890. The number of unbranched alkanes of at least 4 members (excludes halogenated alkanes) is 3. The molecule has 0 radical (unpaired) electrons. The van der Waals surface area contributed by atoms with Gasteiger partial charge in [-0.1, -0.05) is 24.9 Å². The normalized spacial score (nSPS) is 15.9. The van der Waals surface area contributed by atoms with E-state index in [2.05, 4.69) is 22.0 Å². The van der Waals surface area contributed by atoms with Crippen LogP contribution in [-0.2, 0) is 11.2 Å². The molecule has 7 nitrogen and oxygen atoms in total. The third kappa shape index (κ3) is 7.39. The molecule has 2 N–H and O–H groups in total. The summed E-state index contributed by atoms with van der Waals surface area (Å²) in [6.07, 6.45) is 5.68. The number of aryl methyl sites for hydroxylation is 1. The number of nitrogens with zero attached hydrogens (tertiary/aromatic N) is 4. The van der Waals surface area contributed by atoms with Gasteiger partial charge < -0.3 is 15.2 Å². The molecule has 1 aliphatic heterocycles. The van der Waals surface area contributed by atoms with Crippen molar-refractivity contribution in [2.45, 2.75) is 58.4 Å². The molecule has 152 valence electrons. The van der Waals surface area contributed by atoms with Gasteiger partial charge in [0.1, 0.15) is 0 Å². The molecule has 0 aliphatic carbocycles. The number of piperazine rings is 1. The van der Waals surface area contributed by atoms with Gasteiger partial charge >= 0.3 is 0 Å². The number of hydrogen-bond donors (Lipinski definition) is 1. The highest BCUT2D eigenvalue weighted by Crippen LogP contribution is 2.20. The molecular formula is C17H33Cl2N5O2. The predicted octanol–water partition coefficient (Wildman–Crippen LogP) is 2.59. The summed E-state index contributed by atoms with van der Waals surface area (Å²) in [5, 5.41) is 3.96. The van der Waals surface area contributed by atoms with Crippen LogP contribution in [0.25, 0.3) is 0 Å². The average Bonchev–Trinajstić information content (AvgIpc) is 3.10. The van der Waals surface area contributed by atoms with Gasteiger partial charge in [-0.25, -0.2) is 0 Å². The van der Waals surface area contributed by atoms with Crippen LogP contribution in [0, 0.1) is 0 Å². The van der Waals surface area contributed by atoms with Crippen LogP contribution < -0.4 is 5.73 Å². The second kappa shape index (κ2) is 13.3. The fourth-order valence-electron chi connectivity index (χ4n) is 3.03. The van der Waals surface area contributed by atoms with Gasteiger partial charge in [0, 0.05) is 39.0 Å². The molecule has 1 aromatic heterocycles. The van der Waals surface area contributed by atoms with Crippen LogP contribution in [0.1, 0.15) is 63.7 Å². The number of halogens is 2. The lowest BCUT2D eigenvalue weighted by Crippen LogP contribution is -2.49. The largest absolute Gasteiger partial charge is 0.340 e.